The number of nitrogens with one attached hydrogen (secondary N) is 3. The van der Waals surface area contributed by atoms with E-state index < -0.39 is 0 Å². The topological polar surface area (TPSA) is 78.7 Å². The van der Waals surface area contributed by atoms with E-state index in [-0.39, 0.29) is 11.7 Å². The number of aliphatic imine (C=N–C) groups is 1. The van der Waals surface area contributed by atoms with Gasteiger partial charge in [-0.05, 0) is 42.0 Å². The molecule has 0 bridgehead atoms. The lowest BCUT2D eigenvalue weighted by molar-refractivity contribution is 0.0996. The molecule has 1 aromatic heterocycles. The number of guanidine groups is 1. The van der Waals surface area contributed by atoms with Gasteiger partial charge in [0.15, 0.2) is 11.7 Å². The number of amides is 1. The minimum atomic E-state index is -0.265. The van der Waals surface area contributed by atoms with Gasteiger partial charge < -0.3 is 20.4 Å². The number of carbonyl (C=O) groups excluding carboxylic acids is 1. The minimum absolute atomic E-state index is 0.265. The van der Waals surface area contributed by atoms with Crippen molar-refractivity contribution in [2.75, 3.05) is 24.7 Å². The zero-order valence-electron chi connectivity index (χ0n) is 16.2. The maximum atomic E-state index is 12.0. The normalized spacial score (nSPS) is 11.1. The third-order valence-corrected chi connectivity index (χ3v) is 5.06. The second-order valence-electron chi connectivity index (χ2n) is 6.14. The molecule has 0 spiro atoms. The number of carbonyl (C=O) groups is 1. The summed E-state index contributed by atoms with van der Waals surface area (Å²) in [5.74, 6) is 1.73. The van der Waals surface area contributed by atoms with E-state index in [4.69, 9.17) is 4.42 Å². The predicted molar refractivity (Wildman–Crippen MR) is 118 cm³/mol. The first-order chi connectivity index (χ1) is 14.2. The Hall–Kier alpha value is -3.19. The lowest BCUT2D eigenvalue weighted by atomic mass is 10.2. The maximum absolute atomic E-state index is 12.0. The fourth-order valence-corrected chi connectivity index (χ4v) is 3.36. The molecule has 0 radical (unpaired) electrons. The SMILES string of the molecule is CN=C(NCCSc1ccccc1)NCc1ccc(NC(=O)c2ccco2)cc1. The van der Waals surface area contributed by atoms with Crippen molar-refractivity contribution in [3.63, 3.8) is 0 Å². The first-order valence-electron chi connectivity index (χ1n) is 9.31. The Balaban J connectivity index is 1.39. The number of hydrogen-bond acceptors (Lipinski definition) is 4. The maximum Gasteiger partial charge on any atom is 0.291 e. The minimum Gasteiger partial charge on any atom is -0.459 e. The van der Waals surface area contributed by atoms with Crippen LogP contribution in [0.2, 0.25) is 0 Å². The van der Waals surface area contributed by atoms with Crippen molar-refractivity contribution in [1.29, 1.82) is 0 Å². The highest BCUT2D eigenvalue weighted by Gasteiger charge is 2.08. The first kappa shape index (κ1) is 20.5. The number of anilines is 1. The second-order valence-corrected chi connectivity index (χ2v) is 7.31. The van der Waals surface area contributed by atoms with Crippen molar-refractivity contribution in [3.8, 4) is 0 Å². The molecule has 0 aliphatic heterocycles. The molecule has 29 heavy (non-hydrogen) atoms. The van der Waals surface area contributed by atoms with Crippen molar-refractivity contribution in [1.82, 2.24) is 10.6 Å². The molecule has 0 aliphatic rings. The Morgan fingerprint density at radius 1 is 1.00 bits per heavy atom. The molecule has 3 rings (SSSR count). The fourth-order valence-electron chi connectivity index (χ4n) is 2.57. The van der Waals surface area contributed by atoms with E-state index in [2.05, 4.69) is 33.1 Å². The van der Waals surface area contributed by atoms with Gasteiger partial charge in [-0.1, -0.05) is 30.3 Å². The van der Waals surface area contributed by atoms with Crippen LogP contribution in [0.3, 0.4) is 0 Å². The van der Waals surface area contributed by atoms with Crippen molar-refractivity contribution in [2.45, 2.75) is 11.4 Å². The summed E-state index contributed by atoms with van der Waals surface area (Å²) in [6.07, 6.45) is 1.48. The number of thioether (sulfide) groups is 1. The third-order valence-electron chi connectivity index (χ3n) is 4.05. The van der Waals surface area contributed by atoms with Gasteiger partial charge in [-0.3, -0.25) is 9.79 Å². The molecule has 1 heterocycles. The van der Waals surface area contributed by atoms with E-state index in [0.29, 0.717) is 6.54 Å². The highest BCUT2D eigenvalue weighted by molar-refractivity contribution is 7.99. The molecule has 0 fully saturated rings. The van der Waals surface area contributed by atoms with Gasteiger partial charge in [0, 0.05) is 36.5 Å². The van der Waals surface area contributed by atoms with Crippen LogP contribution in [-0.2, 0) is 6.54 Å². The standard InChI is InChI=1S/C22H24N4O2S/c1-23-22(24-13-15-29-19-6-3-2-4-7-19)25-16-17-9-11-18(12-10-17)26-21(27)20-8-5-14-28-20/h2-12,14H,13,15-16H2,1H3,(H,26,27)(H2,23,24,25). The van der Waals surface area contributed by atoms with E-state index in [1.807, 2.05) is 42.5 Å². The lowest BCUT2D eigenvalue weighted by Crippen LogP contribution is -2.37. The van der Waals surface area contributed by atoms with Crippen LogP contribution < -0.4 is 16.0 Å². The zero-order valence-corrected chi connectivity index (χ0v) is 17.0. The van der Waals surface area contributed by atoms with Crippen LogP contribution in [0.5, 0.6) is 0 Å². The van der Waals surface area contributed by atoms with Crippen LogP contribution in [0.4, 0.5) is 5.69 Å². The summed E-state index contributed by atoms with van der Waals surface area (Å²) in [7, 11) is 1.76. The average Bonchev–Trinajstić information content (AvgIpc) is 3.30. The molecule has 3 aromatic rings. The Labute approximate surface area is 174 Å². The summed E-state index contributed by atoms with van der Waals surface area (Å²) in [6, 6.07) is 21.3. The highest BCUT2D eigenvalue weighted by atomic mass is 32.2. The Morgan fingerprint density at radius 2 is 1.79 bits per heavy atom. The molecule has 0 saturated heterocycles. The van der Waals surface area contributed by atoms with Crippen LogP contribution >= 0.6 is 11.8 Å². The molecule has 7 heteroatoms. The summed E-state index contributed by atoms with van der Waals surface area (Å²) in [4.78, 5) is 17.5. The van der Waals surface area contributed by atoms with E-state index >= 15 is 0 Å². The van der Waals surface area contributed by atoms with Gasteiger partial charge in [-0.25, -0.2) is 0 Å². The van der Waals surface area contributed by atoms with Gasteiger partial charge in [0.1, 0.15) is 0 Å². The van der Waals surface area contributed by atoms with Gasteiger partial charge in [-0.15, -0.1) is 11.8 Å². The Bertz CT molecular complexity index is 910. The summed E-state index contributed by atoms with van der Waals surface area (Å²) < 4.78 is 5.09. The predicted octanol–water partition coefficient (Wildman–Crippen LogP) is 3.99. The molecule has 150 valence electrons. The Kier molecular flexibility index (Phi) is 7.77. The van der Waals surface area contributed by atoms with E-state index in [9.17, 15) is 4.79 Å². The van der Waals surface area contributed by atoms with Crippen LogP contribution in [0, 0.1) is 0 Å². The van der Waals surface area contributed by atoms with Crippen molar-refractivity contribution in [2.24, 2.45) is 4.99 Å². The summed E-state index contributed by atoms with van der Waals surface area (Å²) in [5, 5.41) is 9.41. The summed E-state index contributed by atoms with van der Waals surface area (Å²) >= 11 is 1.81. The molecular weight excluding hydrogens is 384 g/mol. The molecular formula is C22H24N4O2S. The van der Waals surface area contributed by atoms with Gasteiger partial charge in [0.2, 0.25) is 0 Å². The summed E-state index contributed by atoms with van der Waals surface area (Å²) in [6.45, 7) is 1.45. The molecule has 0 unspecified atom stereocenters. The molecule has 0 saturated carbocycles. The smallest absolute Gasteiger partial charge is 0.291 e. The van der Waals surface area contributed by atoms with Gasteiger partial charge in [-0.2, -0.15) is 0 Å². The molecule has 1 amide bonds. The van der Waals surface area contributed by atoms with Crippen molar-refractivity contribution >= 4 is 29.3 Å². The number of furan rings is 1. The number of nitrogens with zero attached hydrogens (tertiary/aromatic N) is 1. The molecule has 2 aromatic carbocycles. The Morgan fingerprint density at radius 3 is 2.48 bits per heavy atom. The lowest BCUT2D eigenvalue weighted by Gasteiger charge is -2.12. The quantitative estimate of drug-likeness (QED) is 0.227. The van der Waals surface area contributed by atoms with Crippen molar-refractivity contribution < 1.29 is 9.21 Å². The molecule has 3 N–H and O–H groups in total. The monoisotopic (exact) mass is 408 g/mol. The molecule has 0 atom stereocenters. The van der Waals surface area contributed by atoms with E-state index in [1.54, 1.807) is 30.9 Å². The number of benzene rings is 2. The third kappa shape index (κ3) is 6.73. The van der Waals surface area contributed by atoms with Gasteiger partial charge in [0.05, 0.1) is 6.26 Å². The molecule has 6 nitrogen and oxygen atoms in total. The largest absolute Gasteiger partial charge is 0.459 e. The van der Waals surface area contributed by atoms with Gasteiger partial charge in [0.25, 0.3) is 5.91 Å². The first-order valence-corrected chi connectivity index (χ1v) is 10.3. The van der Waals surface area contributed by atoms with Crippen molar-refractivity contribution in [3.05, 3.63) is 84.3 Å². The van der Waals surface area contributed by atoms with E-state index in [1.165, 1.54) is 11.2 Å². The van der Waals surface area contributed by atoms with E-state index in [0.717, 1.165) is 29.5 Å². The second kappa shape index (κ2) is 11.0. The van der Waals surface area contributed by atoms with Crippen LogP contribution in [0.1, 0.15) is 16.1 Å². The van der Waals surface area contributed by atoms with Gasteiger partial charge >= 0.3 is 0 Å². The number of rotatable bonds is 8. The fraction of sp³-hybridized carbons (Fsp3) is 0.182. The number of hydrogen-bond donors (Lipinski definition) is 3. The summed E-state index contributed by atoms with van der Waals surface area (Å²) in [5.41, 5.74) is 1.80. The van der Waals surface area contributed by atoms with Crippen LogP contribution in [-0.4, -0.2) is 31.2 Å². The average molecular weight is 409 g/mol. The molecule has 0 aliphatic carbocycles. The van der Waals surface area contributed by atoms with Crippen LogP contribution in [0.25, 0.3) is 0 Å². The van der Waals surface area contributed by atoms with Crippen LogP contribution in [0.15, 0.2) is 87.3 Å². The highest BCUT2D eigenvalue weighted by Crippen LogP contribution is 2.15. The zero-order chi connectivity index (χ0) is 20.3.